The molecule has 0 bridgehead atoms. The first-order valence-electron chi connectivity index (χ1n) is 8.39. The van der Waals surface area contributed by atoms with Crippen LogP contribution in [0.3, 0.4) is 0 Å². The maximum Gasteiger partial charge on any atom is 0.406 e. The van der Waals surface area contributed by atoms with Crippen molar-refractivity contribution in [1.82, 2.24) is 10.3 Å². The number of aromatic amines is 1. The van der Waals surface area contributed by atoms with Crippen LogP contribution in [-0.2, 0) is 11.2 Å². The molecule has 3 rings (SSSR count). The van der Waals surface area contributed by atoms with Crippen molar-refractivity contribution in [1.29, 1.82) is 0 Å². The molecule has 1 aromatic heterocycles. The second-order valence-corrected chi connectivity index (χ2v) is 5.86. The molecule has 2 aromatic carbocycles. The zero-order valence-electron chi connectivity index (χ0n) is 15.0. The van der Waals surface area contributed by atoms with Crippen molar-refractivity contribution < 1.29 is 18.3 Å². The minimum absolute atomic E-state index is 0.186. The predicted molar refractivity (Wildman–Crippen MR) is 100 cm³/mol. The smallest absolute Gasteiger partial charge is 0.406 e. The SMILES string of the molecule is CN=C(c1[nH]c2ccccc2c1CCNC(=O)OC)c1c(F)cccc1F. The first kappa shape index (κ1) is 18.6. The zero-order chi connectivity index (χ0) is 19.4. The Bertz CT molecular complexity index is 991. The molecular weight excluding hydrogens is 352 g/mol. The molecule has 0 spiro atoms. The Morgan fingerprint density at radius 3 is 2.52 bits per heavy atom. The fourth-order valence-electron chi connectivity index (χ4n) is 3.10. The van der Waals surface area contributed by atoms with E-state index < -0.39 is 17.7 Å². The van der Waals surface area contributed by atoms with Crippen molar-refractivity contribution in [3.63, 3.8) is 0 Å². The van der Waals surface area contributed by atoms with Gasteiger partial charge in [-0.25, -0.2) is 13.6 Å². The molecule has 0 aliphatic carbocycles. The standard InChI is InChI=1S/C20H19F2N3O2/c1-23-19(17-14(21)7-5-8-15(17)22)18-13(10-11-24-20(26)27-2)12-6-3-4-9-16(12)25-18/h3-9,25H,10-11H2,1-2H3,(H,24,26). The quantitative estimate of drug-likeness (QED) is 0.670. The molecule has 0 saturated heterocycles. The number of aliphatic imine (C=N–C) groups is 1. The fourth-order valence-corrected chi connectivity index (χ4v) is 3.10. The number of carbonyl (C=O) groups is 1. The Hall–Kier alpha value is -3.22. The number of H-pyrrole nitrogens is 1. The molecule has 140 valence electrons. The molecule has 1 amide bonds. The highest BCUT2D eigenvalue weighted by Crippen LogP contribution is 2.27. The van der Waals surface area contributed by atoms with Crippen molar-refractivity contribution in [2.45, 2.75) is 6.42 Å². The van der Waals surface area contributed by atoms with Crippen LogP contribution in [0.1, 0.15) is 16.8 Å². The monoisotopic (exact) mass is 371 g/mol. The minimum Gasteiger partial charge on any atom is -0.453 e. The van der Waals surface area contributed by atoms with Crippen LogP contribution in [0.5, 0.6) is 0 Å². The van der Waals surface area contributed by atoms with Crippen molar-refractivity contribution in [2.24, 2.45) is 4.99 Å². The lowest BCUT2D eigenvalue weighted by Crippen LogP contribution is -2.25. The molecule has 7 heteroatoms. The molecule has 0 aliphatic rings. The van der Waals surface area contributed by atoms with Crippen LogP contribution in [0.2, 0.25) is 0 Å². The summed E-state index contributed by atoms with van der Waals surface area (Å²) in [6.07, 6.45) is -0.107. The van der Waals surface area contributed by atoms with Gasteiger partial charge < -0.3 is 15.0 Å². The van der Waals surface area contributed by atoms with Gasteiger partial charge in [0.15, 0.2) is 0 Å². The Balaban J connectivity index is 2.09. The normalized spacial score (nSPS) is 11.6. The summed E-state index contributed by atoms with van der Waals surface area (Å²) >= 11 is 0. The van der Waals surface area contributed by atoms with Gasteiger partial charge >= 0.3 is 6.09 Å². The number of hydrogen-bond donors (Lipinski definition) is 2. The van der Waals surface area contributed by atoms with Crippen LogP contribution in [0.25, 0.3) is 10.9 Å². The van der Waals surface area contributed by atoms with E-state index in [1.807, 2.05) is 24.3 Å². The summed E-state index contributed by atoms with van der Waals surface area (Å²) in [5, 5.41) is 3.52. The van der Waals surface area contributed by atoms with Gasteiger partial charge in [0.1, 0.15) is 11.6 Å². The lowest BCUT2D eigenvalue weighted by atomic mass is 9.99. The van der Waals surface area contributed by atoms with Gasteiger partial charge in [-0.2, -0.15) is 0 Å². The van der Waals surface area contributed by atoms with E-state index >= 15 is 0 Å². The van der Waals surface area contributed by atoms with Gasteiger partial charge in [0, 0.05) is 24.5 Å². The number of nitrogens with one attached hydrogen (secondary N) is 2. The third-order valence-corrected chi connectivity index (χ3v) is 4.30. The van der Waals surface area contributed by atoms with Crippen molar-refractivity contribution in [3.05, 3.63) is 70.9 Å². The highest BCUT2D eigenvalue weighted by Gasteiger charge is 2.22. The van der Waals surface area contributed by atoms with Crippen LogP contribution in [0.15, 0.2) is 47.5 Å². The number of benzene rings is 2. The van der Waals surface area contributed by atoms with E-state index in [0.717, 1.165) is 16.5 Å². The Kier molecular flexibility index (Phi) is 5.49. The summed E-state index contributed by atoms with van der Waals surface area (Å²) < 4.78 is 33.3. The van der Waals surface area contributed by atoms with E-state index in [1.165, 1.54) is 32.4 Å². The van der Waals surface area contributed by atoms with Crippen LogP contribution in [0.4, 0.5) is 13.6 Å². The van der Waals surface area contributed by atoms with Crippen LogP contribution in [-0.4, -0.2) is 37.5 Å². The summed E-state index contributed by atoms with van der Waals surface area (Å²) in [7, 11) is 2.78. The molecule has 0 fully saturated rings. The van der Waals surface area contributed by atoms with Crippen LogP contribution in [0, 0.1) is 11.6 Å². The average Bonchev–Trinajstić information content (AvgIpc) is 3.03. The molecule has 3 aromatic rings. The summed E-state index contributed by atoms with van der Waals surface area (Å²) in [6, 6.07) is 11.2. The molecule has 0 radical (unpaired) electrons. The van der Waals surface area contributed by atoms with E-state index in [-0.39, 0.29) is 11.3 Å². The molecule has 0 atom stereocenters. The number of carbonyl (C=O) groups excluding carboxylic acids is 1. The van der Waals surface area contributed by atoms with E-state index in [2.05, 4.69) is 20.0 Å². The van der Waals surface area contributed by atoms with Gasteiger partial charge in [-0.05, 0) is 30.2 Å². The van der Waals surface area contributed by atoms with Gasteiger partial charge in [0.05, 0.1) is 24.1 Å². The number of methoxy groups -OCH3 is 1. The number of amides is 1. The highest BCUT2D eigenvalue weighted by molar-refractivity contribution is 6.15. The number of para-hydroxylation sites is 1. The lowest BCUT2D eigenvalue weighted by Gasteiger charge is -2.11. The molecule has 0 unspecified atom stereocenters. The number of hydrogen-bond acceptors (Lipinski definition) is 3. The topological polar surface area (TPSA) is 66.5 Å². The summed E-state index contributed by atoms with van der Waals surface area (Å²) in [4.78, 5) is 18.7. The molecule has 2 N–H and O–H groups in total. The van der Waals surface area contributed by atoms with Gasteiger partial charge in [-0.3, -0.25) is 4.99 Å². The van der Waals surface area contributed by atoms with Gasteiger partial charge in [0.25, 0.3) is 0 Å². The number of aromatic nitrogens is 1. The summed E-state index contributed by atoms with van der Waals surface area (Å²) in [6.45, 7) is 0.304. The largest absolute Gasteiger partial charge is 0.453 e. The number of nitrogens with zero attached hydrogens (tertiary/aromatic N) is 1. The highest BCUT2D eigenvalue weighted by atomic mass is 19.1. The number of rotatable bonds is 5. The molecule has 0 aliphatic heterocycles. The fraction of sp³-hybridized carbons (Fsp3) is 0.200. The lowest BCUT2D eigenvalue weighted by molar-refractivity contribution is 0.171. The van der Waals surface area contributed by atoms with Crippen LogP contribution >= 0.6 is 0 Å². The average molecular weight is 371 g/mol. The molecule has 0 saturated carbocycles. The predicted octanol–water partition coefficient (Wildman–Crippen LogP) is 3.81. The third kappa shape index (κ3) is 3.67. The second-order valence-electron chi connectivity index (χ2n) is 5.86. The van der Waals surface area contributed by atoms with E-state index in [4.69, 9.17) is 0 Å². The van der Waals surface area contributed by atoms with E-state index in [1.54, 1.807) is 0 Å². The maximum absolute atomic E-state index is 14.4. The number of alkyl carbamates (subject to hydrolysis) is 1. The van der Waals surface area contributed by atoms with Crippen molar-refractivity contribution >= 4 is 22.7 Å². The first-order chi connectivity index (χ1) is 13.1. The van der Waals surface area contributed by atoms with Crippen molar-refractivity contribution in [2.75, 3.05) is 20.7 Å². The number of halogens is 2. The third-order valence-electron chi connectivity index (χ3n) is 4.30. The summed E-state index contributed by atoms with van der Waals surface area (Å²) in [5.41, 5.74) is 2.15. The Morgan fingerprint density at radius 1 is 1.15 bits per heavy atom. The van der Waals surface area contributed by atoms with Crippen LogP contribution < -0.4 is 5.32 Å². The van der Waals surface area contributed by atoms with Gasteiger partial charge in [-0.1, -0.05) is 24.3 Å². The van der Waals surface area contributed by atoms with Gasteiger partial charge in [-0.15, -0.1) is 0 Å². The summed E-state index contributed by atoms with van der Waals surface area (Å²) in [5.74, 6) is -1.37. The van der Waals surface area contributed by atoms with E-state index in [0.29, 0.717) is 18.7 Å². The minimum atomic E-state index is -0.687. The molecular formula is C20H19F2N3O2. The maximum atomic E-state index is 14.4. The number of ether oxygens (including phenoxy) is 1. The first-order valence-corrected chi connectivity index (χ1v) is 8.39. The Labute approximate surface area is 155 Å². The zero-order valence-corrected chi connectivity index (χ0v) is 15.0. The Morgan fingerprint density at radius 2 is 1.85 bits per heavy atom. The molecule has 5 nitrogen and oxygen atoms in total. The number of fused-ring (bicyclic) bond motifs is 1. The molecule has 27 heavy (non-hydrogen) atoms. The van der Waals surface area contributed by atoms with Gasteiger partial charge in [0.2, 0.25) is 0 Å². The molecule has 1 heterocycles. The van der Waals surface area contributed by atoms with Crippen molar-refractivity contribution in [3.8, 4) is 0 Å². The second kappa shape index (κ2) is 7.99. The van der Waals surface area contributed by atoms with E-state index in [9.17, 15) is 13.6 Å².